The predicted molar refractivity (Wildman–Crippen MR) is 97.4 cm³/mol. The maximum atomic E-state index is 12.6. The summed E-state index contributed by atoms with van der Waals surface area (Å²) < 4.78 is 10.4. The molecule has 1 unspecified atom stereocenters. The number of carbonyl (C=O) groups excluding carboxylic acids is 2. The molecule has 3 rings (SSSR count). The van der Waals surface area contributed by atoms with Crippen LogP contribution >= 0.6 is 0 Å². The third kappa shape index (κ3) is 4.45. The van der Waals surface area contributed by atoms with Gasteiger partial charge in [0.15, 0.2) is 5.82 Å². The monoisotopic (exact) mass is 372 g/mol. The van der Waals surface area contributed by atoms with E-state index in [2.05, 4.69) is 15.5 Å². The van der Waals surface area contributed by atoms with Crippen LogP contribution in [0.3, 0.4) is 0 Å². The third-order valence-corrected chi connectivity index (χ3v) is 4.45. The molecule has 0 bridgehead atoms. The van der Waals surface area contributed by atoms with Crippen molar-refractivity contribution in [3.63, 3.8) is 0 Å². The van der Waals surface area contributed by atoms with Gasteiger partial charge in [-0.25, -0.2) is 4.79 Å². The van der Waals surface area contributed by atoms with E-state index in [-0.39, 0.29) is 17.9 Å². The van der Waals surface area contributed by atoms with Crippen LogP contribution in [0, 0.1) is 0 Å². The maximum Gasteiger partial charge on any atom is 0.324 e. The van der Waals surface area contributed by atoms with Crippen molar-refractivity contribution in [1.82, 2.24) is 20.4 Å². The van der Waals surface area contributed by atoms with Gasteiger partial charge >= 0.3 is 6.03 Å². The van der Waals surface area contributed by atoms with Crippen molar-refractivity contribution in [2.75, 3.05) is 13.7 Å². The summed E-state index contributed by atoms with van der Waals surface area (Å²) in [5, 5.41) is 6.67. The summed E-state index contributed by atoms with van der Waals surface area (Å²) in [4.78, 5) is 30.3. The summed E-state index contributed by atoms with van der Waals surface area (Å²) in [6.07, 6.45) is 1.53. The van der Waals surface area contributed by atoms with E-state index in [1.54, 1.807) is 7.11 Å². The topological polar surface area (TPSA) is 97.6 Å². The van der Waals surface area contributed by atoms with Gasteiger partial charge in [0.1, 0.15) is 11.8 Å². The molecule has 0 aliphatic carbocycles. The van der Waals surface area contributed by atoms with Gasteiger partial charge in [-0.2, -0.15) is 4.98 Å². The van der Waals surface area contributed by atoms with Gasteiger partial charge in [-0.3, -0.25) is 9.69 Å². The molecule has 1 saturated heterocycles. The molecule has 8 heteroatoms. The first-order valence-corrected chi connectivity index (χ1v) is 9.05. The van der Waals surface area contributed by atoms with Crippen LogP contribution in [0.25, 0.3) is 0 Å². The molecule has 2 aromatic rings. The molecule has 1 fully saturated rings. The van der Waals surface area contributed by atoms with Crippen molar-refractivity contribution in [3.05, 3.63) is 41.5 Å². The third-order valence-electron chi connectivity index (χ3n) is 4.45. The summed E-state index contributed by atoms with van der Waals surface area (Å²) in [5.41, 5.74) is 0.932. The molecule has 1 aromatic carbocycles. The van der Waals surface area contributed by atoms with E-state index < -0.39 is 6.04 Å². The Morgan fingerprint density at radius 3 is 2.85 bits per heavy atom. The van der Waals surface area contributed by atoms with Gasteiger partial charge in [0.05, 0.1) is 7.11 Å². The number of hydrogen-bond donors (Lipinski definition) is 1. The Balaban J connectivity index is 1.54. The minimum Gasteiger partial charge on any atom is -0.497 e. The number of aromatic nitrogens is 2. The fourth-order valence-electron chi connectivity index (χ4n) is 2.95. The van der Waals surface area contributed by atoms with Crippen molar-refractivity contribution in [3.8, 4) is 5.75 Å². The number of benzene rings is 1. The number of carbonyl (C=O) groups is 2. The van der Waals surface area contributed by atoms with Crippen LogP contribution in [0.4, 0.5) is 4.79 Å². The lowest BCUT2D eigenvalue weighted by Gasteiger charge is -2.12. The van der Waals surface area contributed by atoms with Crippen LogP contribution in [0.1, 0.15) is 43.5 Å². The number of rotatable bonds is 8. The summed E-state index contributed by atoms with van der Waals surface area (Å²) in [6.45, 7) is 4.30. The molecule has 1 aliphatic heterocycles. The summed E-state index contributed by atoms with van der Waals surface area (Å²) >= 11 is 0. The zero-order valence-corrected chi connectivity index (χ0v) is 15.8. The molecular formula is C19H24N4O4. The second-order valence-electron chi connectivity index (χ2n) is 6.85. The average Bonchev–Trinajstić information content (AvgIpc) is 3.22. The molecule has 0 saturated carbocycles. The lowest BCUT2D eigenvalue weighted by atomic mass is 10.1. The number of ether oxygens (including phenoxy) is 1. The first-order valence-electron chi connectivity index (χ1n) is 9.05. The molecule has 1 aliphatic rings. The Morgan fingerprint density at radius 2 is 2.15 bits per heavy atom. The van der Waals surface area contributed by atoms with Gasteiger partial charge in [-0.05, 0) is 24.1 Å². The van der Waals surface area contributed by atoms with Crippen LogP contribution in [-0.4, -0.2) is 46.7 Å². The first-order chi connectivity index (χ1) is 13.0. The smallest absolute Gasteiger partial charge is 0.324 e. The van der Waals surface area contributed by atoms with Crippen molar-refractivity contribution in [2.24, 2.45) is 0 Å². The van der Waals surface area contributed by atoms with Crippen molar-refractivity contribution in [1.29, 1.82) is 0 Å². The van der Waals surface area contributed by atoms with Crippen LogP contribution < -0.4 is 10.1 Å². The maximum absolute atomic E-state index is 12.6. The zero-order valence-electron chi connectivity index (χ0n) is 15.8. The number of imide groups is 1. The minimum atomic E-state index is -0.555. The Bertz CT molecular complexity index is 818. The standard InChI is InChI=1S/C19H24N4O4/c1-12(2)17-21-16(27-22-17)8-5-9-23-18(24)15(20-19(23)25)11-13-6-4-7-14(10-13)26-3/h4,6-7,10,12,15H,5,8-9,11H2,1-3H3,(H,20,25). The number of nitrogens with zero attached hydrogens (tertiary/aromatic N) is 3. The van der Waals surface area contributed by atoms with E-state index in [4.69, 9.17) is 9.26 Å². The fourth-order valence-corrected chi connectivity index (χ4v) is 2.95. The zero-order chi connectivity index (χ0) is 19.4. The molecule has 8 nitrogen and oxygen atoms in total. The highest BCUT2D eigenvalue weighted by Gasteiger charge is 2.37. The largest absolute Gasteiger partial charge is 0.497 e. The molecule has 1 atom stereocenters. The number of hydrogen-bond acceptors (Lipinski definition) is 6. The Labute approximate surface area is 157 Å². The van der Waals surface area contributed by atoms with Crippen LogP contribution in [-0.2, 0) is 17.6 Å². The fraction of sp³-hybridized carbons (Fsp3) is 0.474. The van der Waals surface area contributed by atoms with E-state index in [1.165, 1.54) is 4.90 Å². The second-order valence-corrected chi connectivity index (χ2v) is 6.85. The number of urea groups is 1. The van der Waals surface area contributed by atoms with Gasteiger partial charge in [0.2, 0.25) is 5.89 Å². The van der Waals surface area contributed by atoms with E-state index in [0.29, 0.717) is 37.5 Å². The SMILES string of the molecule is COc1cccc(CC2NC(=O)N(CCCc3nc(C(C)C)no3)C2=O)c1. The van der Waals surface area contributed by atoms with Gasteiger partial charge in [-0.15, -0.1) is 0 Å². The van der Waals surface area contributed by atoms with Gasteiger partial charge in [0.25, 0.3) is 5.91 Å². The Hall–Kier alpha value is -2.90. The lowest BCUT2D eigenvalue weighted by Crippen LogP contribution is -2.33. The summed E-state index contributed by atoms with van der Waals surface area (Å²) in [7, 11) is 1.59. The second kappa shape index (κ2) is 8.20. The molecular weight excluding hydrogens is 348 g/mol. The van der Waals surface area contributed by atoms with E-state index >= 15 is 0 Å². The molecule has 0 radical (unpaired) electrons. The number of methoxy groups -OCH3 is 1. The number of aryl methyl sites for hydroxylation is 1. The van der Waals surface area contributed by atoms with Gasteiger partial charge in [-0.1, -0.05) is 31.1 Å². The van der Waals surface area contributed by atoms with Crippen LogP contribution in [0.15, 0.2) is 28.8 Å². The highest BCUT2D eigenvalue weighted by molar-refractivity contribution is 6.04. The predicted octanol–water partition coefficient (Wildman–Crippen LogP) is 2.30. The molecule has 0 spiro atoms. The Kier molecular flexibility index (Phi) is 5.73. The van der Waals surface area contributed by atoms with Crippen molar-refractivity contribution < 1.29 is 18.8 Å². The average molecular weight is 372 g/mol. The van der Waals surface area contributed by atoms with Crippen LogP contribution in [0.5, 0.6) is 5.75 Å². The molecule has 27 heavy (non-hydrogen) atoms. The number of nitrogens with one attached hydrogen (secondary N) is 1. The lowest BCUT2D eigenvalue weighted by molar-refractivity contribution is -0.127. The highest BCUT2D eigenvalue weighted by atomic mass is 16.5. The van der Waals surface area contributed by atoms with E-state index in [0.717, 1.165) is 11.3 Å². The minimum absolute atomic E-state index is 0.200. The molecule has 1 N–H and O–H groups in total. The summed E-state index contributed by atoms with van der Waals surface area (Å²) in [5.74, 6) is 1.90. The normalized spacial score (nSPS) is 16.9. The first kappa shape index (κ1) is 18.9. The van der Waals surface area contributed by atoms with Crippen molar-refractivity contribution in [2.45, 2.75) is 45.1 Å². The molecule has 144 valence electrons. The summed E-state index contributed by atoms with van der Waals surface area (Å²) in [6, 6.07) is 6.56. The van der Waals surface area contributed by atoms with Gasteiger partial charge in [0, 0.05) is 25.3 Å². The molecule has 2 heterocycles. The Morgan fingerprint density at radius 1 is 1.33 bits per heavy atom. The number of amides is 3. The van der Waals surface area contributed by atoms with Crippen LogP contribution in [0.2, 0.25) is 0 Å². The molecule has 1 aromatic heterocycles. The van der Waals surface area contributed by atoms with Gasteiger partial charge < -0.3 is 14.6 Å². The highest BCUT2D eigenvalue weighted by Crippen LogP contribution is 2.18. The van der Waals surface area contributed by atoms with E-state index in [9.17, 15) is 9.59 Å². The van der Waals surface area contributed by atoms with E-state index in [1.807, 2.05) is 38.1 Å². The quantitative estimate of drug-likeness (QED) is 0.714. The van der Waals surface area contributed by atoms with Crippen molar-refractivity contribution >= 4 is 11.9 Å². The molecule has 3 amide bonds.